The maximum atomic E-state index is 14.5. The van der Waals surface area contributed by atoms with Gasteiger partial charge in [-0.25, -0.2) is 0 Å². The molecular formula is C54H77N9O11. The van der Waals surface area contributed by atoms with Crippen LogP contribution in [0.3, 0.4) is 0 Å². The number of rotatable bonds is 18. The van der Waals surface area contributed by atoms with Gasteiger partial charge in [0.25, 0.3) is 5.91 Å². The number of aliphatic hydroxyl groups excluding tert-OH is 2. The third-order valence-electron chi connectivity index (χ3n) is 14.1. The summed E-state index contributed by atoms with van der Waals surface area (Å²) >= 11 is 0. The highest BCUT2D eigenvalue weighted by atomic mass is 16.5. The van der Waals surface area contributed by atoms with E-state index in [4.69, 9.17) is 16.2 Å². The third kappa shape index (κ3) is 15.8. The quantitative estimate of drug-likeness (QED) is 0.0814. The number of hydrogen-bond donors (Lipinski definition) is 10. The van der Waals surface area contributed by atoms with Crippen LogP contribution in [0.2, 0.25) is 0 Å². The molecule has 3 heterocycles. The fraction of sp³-hybridized carbons (Fsp3) is 0.574. The van der Waals surface area contributed by atoms with Gasteiger partial charge in [-0.3, -0.25) is 33.6 Å². The third-order valence-corrected chi connectivity index (χ3v) is 14.1. The standard InChI is InChI=1S/C54H77N9O11/c1-3-4-5-6-7-10-26-74-41-22-19-35-27-37(18-17-36(35)28-41)48(67)58-42-13-11-25-57-51(70)46-30-40(66)32-63(46)53(72)44(12-8-9-24-55)60-49(68)43(23-16-34-14-20-39(65)21-15-34)59-52(71)45-29-38(56)31-62(45)54(73)47(33(2)64)61-50(42)69/h14-15,17-22,27-28,33,38,40,42-47,64-66H,3-13,16,23-26,29-32,55-56H2,1-2H3,(H,57,70)(H,58,67)(H,59,71)(H,60,68)(H,61,69)/t33-,38+,40-,42+,43+,44+,45+,46+,47+/m1/s1. The molecule has 0 unspecified atom stereocenters. The molecule has 6 rings (SSSR count). The van der Waals surface area contributed by atoms with E-state index in [1.54, 1.807) is 30.3 Å². The first kappa shape index (κ1) is 56.9. The monoisotopic (exact) mass is 1030 g/mol. The smallest absolute Gasteiger partial charge is 0.251 e. The summed E-state index contributed by atoms with van der Waals surface area (Å²) in [6, 6.07) is 8.54. The van der Waals surface area contributed by atoms with Crippen LogP contribution in [0.4, 0.5) is 0 Å². The summed E-state index contributed by atoms with van der Waals surface area (Å²) in [7, 11) is 0. The van der Waals surface area contributed by atoms with Gasteiger partial charge in [0, 0.05) is 37.7 Å². The van der Waals surface area contributed by atoms with E-state index in [2.05, 4.69) is 33.5 Å². The van der Waals surface area contributed by atoms with Crippen LogP contribution in [0.5, 0.6) is 11.5 Å². The van der Waals surface area contributed by atoms with Crippen LogP contribution in [0.15, 0.2) is 60.7 Å². The predicted octanol–water partition coefficient (Wildman–Crippen LogP) is 1.78. The lowest BCUT2D eigenvalue weighted by molar-refractivity contribution is -0.144. The zero-order valence-corrected chi connectivity index (χ0v) is 42.8. The molecule has 3 saturated heterocycles. The molecule has 12 N–H and O–H groups in total. The van der Waals surface area contributed by atoms with Crippen LogP contribution in [-0.2, 0) is 35.2 Å². The minimum atomic E-state index is -1.61. The van der Waals surface area contributed by atoms with Gasteiger partial charge >= 0.3 is 0 Å². The van der Waals surface area contributed by atoms with Gasteiger partial charge in [0.15, 0.2) is 0 Å². The van der Waals surface area contributed by atoms with E-state index in [1.165, 1.54) is 49.6 Å². The maximum Gasteiger partial charge on any atom is 0.251 e. The molecule has 20 heteroatoms. The number of amides is 7. The lowest BCUT2D eigenvalue weighted by Crippen LogP contribution is -2.61. The Morgan fingerprint density at radius 1 is 0.770 bits per heavy atom. The molecule has 3 aliphatic heterocycles. The highest BCUT2D eigenvalue weighted by molar-refractivity contribution is 6.02. The summed E-state index contributed by atoms with van der Waals surface area (Å²) in [5.41, 5.74) is 13.1. The highest BCUT2D eigenvalue weighted by Gasteiger charge is 2.45. The Bertz CT molecular complexity index is 2400. The van der Waals surface area contributed by atoms with Crippen molar-refractivity contribution in [2.75, 3.05) is 32.8 Å². The van der Waals surface area contributed by atoms with Crippen molar-refractivity contribution in [3.05, 3.63) is 71.8 Å². The Labute approximate surface area is 433 Å². The maximum absolute atomic E-state index is 14.5. The second kappa shape index (κ2) is 27.8. The van der Waals surface area contributed by atoms with Crippen LogP contribution < -0.4 is 42.8 Å². The second-order valence-corrected chi connectivity index (χ2v) is 20.0. The summed E-state index contributed by atoms with van der Waals surface area (Å²) in [5, 5.41) is 47.2. The number of aryl methyl sites for hydroxylation is 1. The SMILES string of the molecule is CCCCCCCCOc1ccc2cc(C(=O)N[C@H]3CCCNC(=O)[C@@H]4C[C@@H](O)CN4C(=O)[C@H](CCCCN)NC(=O)[C@H](CCc4ccc(O)cc4)NC(=O)[C@@H]4C[C@H](N)CN4C(=O)[C@H]([C@@H](C)O)NC3=O)ccc2c1. The number of phenols is 1. The Hall–Kier alpha value is -6.35. The molecule has 0 radical (unpaired) electrons. The molecule has 9 atom stereocenters. The number of nitrogens with one attached hydrogen (secondary N) is 5. The first-order chi connectivity index (χ1) is 35.6. The molecular weight excluding hydrogens is 951 g/mol. The van der Waals surface area contributed by atoms with Crippen molar-refractivity contribution < 1.29 is 53.6 Å². The van der Waals surface area contributed by atoms with Gasteiger partial charge in [-0.2, -0.15) is 0 Å². The molecule has 3 aromatic carbocycles. The summed E-state index contributed by atoms with van der Waals surface area (Å²) < 4.78 is 6.01. The number of benzene rings is 3. The second-order valence-electron chi connectivity index (χ2n) is 20.0. The van der Waals surface area contributed by atoms with E-state index in [0.29, 0.717) is 31.7 Å². The van der Waals surface area contributed by atoms with Crippen LogP contribution in [-0.4, -0.2) is 154 Å². The van der Waals surface area contributed by atoms with Crippen LogP contribution in [0.25, 0.3) is 10.8 Å². The van der Waals surface area contributed by atoms with Gasteiger partial charge in [-0.15, -0.1) is 0 Å². The molecule has 7 amide bonds. The number of hydrogen-bond acceptors (Lipinski definition) is 13. The Morgan fingerprint density at radius 3 is 2.20 bits per heavy atom. The first-order valence-corrected chi connectivity index (χ1v) is 26.4. The molecule has 0 spiro atoms. The molecule has 74 heavy (non-hydrogen) atoms. The van der Waals surface area contributed by atoms with Crippen LogP contribution >= 0.6 is 0 Å². The van der Waals surface area contributed by atoms with Crippen molar-refractivity contribution in [3.63, 3.8) is 0 Å². The molecule has 0 bridgehead atoms. The largest absolute Gasteiger partial charge is 0.508 e. The van der Waals surface area contributed by atoms with Crippen molar-refractivity contribution >= 4 is 52.1 Å². The van der Waals surface area contributed by atoms with E-state index in [-0.39, 0.29) is 75.9 Å². The minimum absolute atomic E-state index is 0.0140. The molecule has 0 aliphatic carbocycles. The van der Waals surface area contributed by atoms with Crippen molar-refractivity contribution in [1.82, 2.24) is 36.4 Å². The highest BCUT2D eigenvalue weighted by Crippen LogP contribution is 2.25. The number of carbonyl (C=O) groups is 7. The lowest BCUT2D eigenvalue weighted by Gasteiger charge is -2.32. The summed E-state index contributed by atoms with van der Waals surface area (Å²) in [5.74, 6) is -4.18. The molecule has 3 fully saturated rings. The van der Waals surface area contributed by atoms with Crippen molar-refractivity contribution in [3.8, 4) is 11.5 Å². The fourth-order valence-electron chi connectivity index (χ4n) is 9.89. The first-order valence-electron chi connectivity index (χ1n) is 26.4. The number of aromatic hydroxyl groups is 1. The van der Waals surface area contributed by atoms with E-state index < -0.39 is 95.9 Å². The lowest BCUT2D eigenvalue weighted by atomic mass is 10.0. The fourth-order valence-corrected chi connectivity index (χ4v) is 9.89. The molecule has 0 aromatic heterocycles. The molecule has 404 valence electrons. The van der Waals surface area contributed by atoms with Crippen LogP contribution in [0, 0.1) is 0 Å². The Morgan fingerprint density at radius 2 is 1.46 bits per heavy atom. The Balaban J connectivity index is 1.27. The number of fused-ring (bicyclic) bond motifs is 3. The van der Waals surface area contributed by atoms with Gasteiger partial charge in [0.1, 0.15) is 47.8 Å². The van der Waals surface area contributed by atoms with Crippen molar-refractivity contribution in [1.29, 1.82) is 0 Å². The summed E-state index contributed by atoms with van der Waals surface area (Å²) in [6.45, 7) is 4.06. The normalized spacial score (nSPS) is 25.0. The summed E-state index contributed by atoms with van der Waals surface area (Å²) in [4.78, 5) is 102. The number of ether oxygens (including phenoxy) is 1. The Kier molecular flexibility index (Phi) is 21.4. The number of nitrogens with zero attached hydrogens (tertiary/aromatic N) is 2. The van der Waals surface area contributed by atoms with Crippen molar-refractivity contribution in [2.45, 2.75) is 165 Å². The number of unbranched alkanes of at least 4 members (excludes halogenated alkanes) is 6. The zero-order chi connectivity index (χ0) is 53.3. The van der Waals surface area contributed by atoms with Crippen LogP contribution in [0.1, 0.15) is 120 Å². The average molecular weight is 1030 g/mol. The van der Waals surface area contributed by atoms with E-state index in [0.717, 1.165) is 34.1 Å². The zero-order valence-electron chi connectivity index (χ0n) is 42.8. The van der Waals surface area contributed by atoms with E-state index >= 15 is 0 Å². The predicted molar refractivity (Wildman–Crippen MR) is 277 cm³/mol. The van der Waals surface area contributed by atoms with Crippen molar-refractivity contribution in [2.24, 2.45) is 11.5 Å². The number of nitrogens with two attached hydrogens (primary N) is 2. The molecule has 3 aliphatic rings. The van der Waals surface area contributed by atoms with Gasteiger partial charge in [-0.05, 0) is 124 Å². The van der Waals surface area contributed by atoms with E-state index in [1.807, 2.05) is 18.2 Å². The summed E-state index contributed by atoms with van der Waals surface area (Å²) in [6.07, 6.45) is 5.59. The van der Waals surface area contributed by atoms with Gasteiger partial charge in [0.05, 0.1) is 18.8 Å². The number of carbonyl (C=O) groups excluding carboxylic acids is 7. The topological polar surface area (TPSA) is 308 Å². The molecule has 20 nitrogen and oxygen atoms in total. The van der Waals surface area contributed by atoms with Gasteiger partial charge in [-0.1, -0.05) is 63.3 Å². The minimum Gasteiger partial charge on any atom is -0.508 e. The average Bonchev–Trinajstić information content (AvgIpc) is 3.98. The molecule has 3 aromatic rings. The van der Waals surface area contributed by atoms with Gasteiger partial charge < -0.3 is 67.9 Å². The van der Waals surface area contributed by atoms with Gasteiger partial charge in [0.2, 0.25) is 35.4 Å². The number of aliphatic hydroxyl groups is 2. The number of phenolic OH excluding ortho intramolecular Hbond substituents is 1. The molecule has 0 saturated carbocycles. The van der Waals surface area contributed by atoms with E-state index in [9.17, 15) is 48.9 Å².